The molecule has 1 saturated carbocycles. The molecule has 0 aliphatic heterocycles. The summed E-state index contributed by atoms with van der Waals surface area (Å²) in [7, 11) is 1.61. The first-order valence-corrected chi connectivity index (χ1v) is 6.79. The number of nitrogens with one attached hydrogen (secondary N) is 1. The van der Waals surface area contributed by atoms with Gasteiger partial charge in [-0.25, -0.2) is 9.97 Å². The molecular weight excluding hydrogens is 240 g/mol. The maximum absolute atomic E-state index is 5.05. The molecule has 0 radical (unpaired) electrons. The molecule has 2 heterocycles. The predicted molar refractivity (Wildman–Crippen MR) is 72.0 cm³/mol. The van der Waals surface area contributed by atoms with Gasteiger partial charge < -0.3 is 4.74 Å². The number of methoxy groups -OCH3 is 1. The first-order valence-electron chi connectivity index (χ1n) is 6.79. The lowest BCUT2D eigenvalue weighted by Crippen LogP contribution is -2.06. The van der Waals surface area contributed by atoms with E-state index in [1.54, 1.807) is 13.3 Å². The third-order valence-electron chi connectivity index (χ3n) is 3.70. The Morgan fingerprint density at radius 3 is 2.74 bits per heavy atom. The van der Waals surface area contributed by atoms with Crippen molar-refractivity contribution in [2.24, 2.45) is 0 Å². The van der Waals surface area contributed by atoms with Crippen molar-refractivity contribution < 1.29 is 4.74 Å². The van der Waals surface area contributed by atoms with E-state index >= 15 is 0 Å². The van der Waals surface area contributed by atoms with Crippen LogP contribution in [-0.2, 0) is 0 Å². The zero-order valence-corrected chi connectivity index (χ0v) is 11.1. The van der Waals surface area contributed by atoms with Crippen molar-refractivity contribution in [3.63, 3.8) is 0 Å². The van der Waals surface area contributed by atoms with Crippen molar-refractivity contribution in [2.45, 2.75) is 38.0 Å². The van der Waals surface area contributed by atoms with E-state index in [0.29, 0.717) is 11.8 Å². The number of rotatable bonds is 3. The topological polar surface area (TPSA) is 63.7 Å². The van der Waals surface area contributed by atoms with E-state index in [1.165, 1.54) is 32.1 Å². The standard InChI is InChI=1S/C14H18N4O/c1-19-12-8-7-11(9-15-12)14-16-13(17-18-14)10-5-3-2-4-6-10/h7-10H,2-6H2,1H3,(H,16,17,18). The Morgan fingerprint density at radius 1 is 1.21 bits per heavy atom. The molecule has 0 unspecified atom stereocenters. The van der Waals surface area contributed by atoms with E-state index in [2.05, 4.69) is 20.2 Å². The highest BCUT2D eigenvalue weighted by atomic mass is 16.5. The van der Waals surface area contributed by atoms with Gasteiger partial charge in [0.1, 0.15) is 5.82 Å². The summed E-state index contributed by atoms with van der Waals surface area (Å²) in [5.74, 6) is 2.88. The van der Waals surface area contributed by atoms with Gasteiger partial charge in [-0.3, -0.25) is 5.10 Å². The summed E-state index contributed by atoms with van der Waals surface area (Å²) in [6, 6.07) is 3.76. The van der Waals surface area contributed by atoms with Gasteiger partial charge in [-0.1, -0.05) is 19.3 Å². The summed E-state index contributed by atoms with van der Waals surface area (Å²) >= 11 is 0. The highest BCUT2D eigenvalue weighted by molar-refractivity contribution is 5.53. The van der Waals surface area contributed by atoms with Crippen LogP contribution in [0.4, 0.5) is 0 Å². The van der Waals surface area contributed by atoms with Gasteiger partial charge in [0, 0.05) is 23.7 Å². The summed E-state index contributed by atoms with van der Waals surface area (Å²) in [6.45, 7) is 0. The third kappa shape index (κ3) is 2.59. The Balaban J connectivity index is 1.79. The zero-order chi connectivity index (χ0) is 13.1. The van der Waals surface area contributed by atoms with Crippen LogP contribution >= 0.6 is 0 Å². The molecule has 0 saturated heterocycles. The molecule has 3 rings (SSSR count). The monoisotopic (exact) mass is 258 g/mol. The Bertz CT molecular complexity index is 529. The van der Waals surface area contributed by atoms with Crippen molar-refractivity contribution in [3.05, 3.63) is 24.2 Å². The second kappa shape index (κ2) is 5.38. The Hall–Kier alpha value is -1.91. The number of ether oxygens (including phenoxy) is 1. The van der Waals surface area contributed by atoms with Gasteiger partial charge in [0.15, 0.2) is 5.82 Å². The maximum Gasteiger partial charge on any atom is 0.212 e. The largest absolute Gasteiger partial charge is 0.481 e. The van der Waals surface area contributed by atoms with E-state index < -0.39 is 0 Å². The molecule has 1 aliphatic rings. The molecule has 1 N–H and O–H groups in total. The predicted octanol–water partition coefficient (Wildman–Crippen LogP) is 2.92. The molecule has 5 nitrogen and oxygen atoms in total. The van der Waals surface area contributed by atoms with Crippen LogP contribution in [0.5, 0.6) is 5.88 Å². The van der Waals surface area contributed by atoms with Gasteiger partial charge in [0.2, 0.25) is 5.88 Å². The maximum atomic E-state index is 5.05. The second-order valence-electron chi connectivity index (χ2n) is 4.97. The molecular formula is C14H18N4O. The minimum atomic E-state index is 0.543. The van der Waals surface area contributed by atoms with Crippen LogP contribution in [0.25, 0.3) is 11.4 Å². The zero-order valence-electron chi connectivity index (χ0n) is 11.1. The molecule has 2 aromatic rings. The van der Waals surface area contributed by atoms with Crippen LogP contribution in [0.15, 0.2) is 18.3 Å². The highest BCUT2D eigenvalue weighted by Crippen LogP contribution is 2.31. The molecule has 1 fully saturated rings. The lowest BCUT2D eigenvalue weighted by Gasteiger charge is -2.18. The second-order valence-corrected chi connectivity index (χ2v) is 4.97. The first-order chi connectivity index (χ1) is 9.36. The van der Waals surface area contributed by atoms with Crippen molar-refractivity contribution in [3.8, 4) is 17.3 Å². The summed E-state index contributed by atoms with van der Waals surface area (Å²) in [5, 5.41) is 7.38. The minimum absolute atomic E-state index is 0.543. The molecule has 5 heteroatoms. The quantitative estimate of drug-likeness (QED) is 0.919. The summed E-state index contributed by atoms with van der Waals surface area (Å²) in [5.41, 5.74) is 0.916. The number of aromatic nitrogens is 4. The van der Waals surface area contributed by atoms with Gasteiger partial charge in [-0.2, -0.15) is 5.10 Å². The summed E-state index contributed by atoms with van der Waals surface area (Å²) < 4.78 is 5.05. The SMILES string of the molecule is COc1ccc(-c2n[nH]c(C3CCCCC3)n2)cn1. The summed E-state index contributed by atoms with van der Waals surface area (Å²) in [6.07, 6.45) is 8.12. The van der Waals surface area contributed by atoms with Crippen molar-refractivity contribution in [2.75, 3.05) is 7.11 Å². The van der Waals surface area contributed by atoms with Crippen LogP contribution in [0, 0.1) is 0 Å². The number of nitrogens with zero attached hydrogens (tertiary/aromatic N) is 3. The van der Waals surface area contributed by atoms with Crippen molar-refractivity contribution in [1.29, 1.82) is 0 Å². The van der Waals surface area contributed by atoms with Crippen LogP contribution in [-0.4, -0.2) is 27.3 Å². The average molecular weight is 258 g/mol. The molecule has 2 aromatic heterocycles. The van der Waals surface area contributed by atoms with Gasteiger partial charge in [-0.05, 0) is 18.9 Å². The van der Waals surface area contributed by atoms with Crippen LogP contribution < -0.4 is 4.74 Å². The summed E-state index contributed by atoms with van der Waals surface area (Å²) in [4.78, 5) is 8.79. The van der Waals surface area contributed by atoms with E-state index in [4.69, 9.17) is 4.74 Å². The van der Waals surface area contributed by atoms with Crippen LogP contribution in [0.3, 0.4) is 0 Å². The van der Waals surface area contributed by atoms with E-state index in [-0.39, 0.29) is 0 Å². The van der Waals surface area contributed by atoms with Crippen molar-refractivity contribution >= 4 is 0 Å². The fourth-order valence-electron chi connectivity index (χ4n) is 2.60. The molecule has 19 heavy (non-hydrogen) atoms. The smallest absolute Gasteiger partial charge is 0.212 e. The highest BCUT2D eigenvalue weighted by Gasteiger charge is 2.19. The molecule has 0 spiro atoms. The van der Waals surface area contributed by atoms with Gasteiger partial charge in [0.25, 0.3) is 0 Å². The normalized spacial score (nSPS) is 16.5. The number of H-pyrrole nitrogens is 1. The number of hydrogen-bond donors (Lipinski definition) is 1. The van der Waals surface area contributed by atoms with Gasteiger partial charge >= 0.3 is 0 Å². The molecule has 0 bridgehead atoms. The number of hydrogen-bond acceptors (Lipinski definition) is 4. The molecule has 0 amide bonds. The van der Waals surface area contributed by atoms with Gasteiger partial charge in [0.05, 0.1) is 7.11 Å². The Kier molecular flexibility index (Phi) is 3.44. The minimum Gasteiger partial charge on any atom is -0.481 e. The van der Waals surface area contributed by atoms with E-state index in [9.17, 15) is 0 Å². The third-order valence-corrected chi connectivity index (χ3v) is 3.70. The average Bonchev–Trinajstić information content (AvgIpc) is 2.98. The van der Waals surface area contributed by atoms with Crippen LogP contribution in [0.1, 0.15) is 43.8 Å². The molecule has 0 aromatic carbocycles. The Morgan fingerprint density at radius 2 is 2.05 bits per heavy atom. The fraction of sp³-hybridized carbons (Fsp3) is 0.500. The molecule has 1 aliphatic carbocycles. The lowest BCUT2D eigenvalue weighted by molar-refractivity contribution is 0.398. The van der Waals surface area contributed by atoms with E-state index in [0.717, 1.165) is 17.2 Å². The molecule has 0 atom stereocenters. The number of pyridine rings is 1. The van der Waals surface area contributed by atoms with Crippen molar-refractivity contribution in [1.82, 2.24) is 20.2 Å². The van der Waals surface area contributed by atoms with E-state index in [1.807, 2.05) is 12.1 Å². The fourth-order valence-corrected chi connectivity index (χ4v) is 2.60. The van der Waals surface area contributed by atoms with Gasteiger partial charge in [-0.15, -0.1) is 0 Å². The number of aromatic amines is 1. The van der Waals surface area contributed by atoms with Crippen LogP contribution in [0.2, 0.25) is 0 Å². The first kappa shape index (κ1) is 12.1. The molecule has 100 valence electrons. The lowest BCUT2D eigenvalue weighted by atomic mass is 9.89. The Labute approximate surface area is 112 Å².